The summed E-state index contributed by atoms with van der Waals surface area (Å²) in [5.74, 6) is 3.39. The highest BCUT2D eigenvalue weighted by Gasteiger charge is 2.40. The number of amides is 1. The van der Waals surface area contributed by atoms with Gasteiger partial charge in [0.25, 0.3) is 0 Å². The Morgan fingerprint density at radius 3 is 2.74 bits per heavy atom. The molecule has 3 rings (SSSR count). The van der Waals surface area contributed by atoms with E-state index in [-0.39, 0.29) is 17.9 Å². The highest BCUT2D eigenvalue weighted by Crippen LogP contribution is 2.48. The first kappa shape index (κ1) is 13.4. The van der Waals surface area contributed by atoms with Crippen LogP contribution in [0.3, 0.4) is 0 Å². The average molecular weight is 264 g/mol. The van der Waals surface area contributed by atoms with Crippen molar-refractivity contribution in [2.24, 2.45) is 35.3 Å². The number of carbonyl (C=O) groups excluding carboxylic acids is 1. The largest absolute Gasteiger partial charge is 0.356 e. The van der Waals surface area contributed by atoms with E-state index in [1.165, 1.54) is 25.7 Å². The van der Waals surface area contributed by atoms with Gasteiger partial charge in [0.1, 0.15) is 0 Å². The Kier molecular flexibility index (Phi) is 3.84. The number of carbonyl (C=O) groups is 1. The van der Waals surface area contributed by atoms with Gasteiger partial charge in [0.15, 0.2) is 0 Å². The Labute approximate surface area is 116 Å². The van der Waals surface area contributed by atoms with E-state index in [2.05, 4.69) is 12.2 Å². The normalized spacial score (nSPS) is 45.4. The SMILES string of the molecule is CC1C(N)CCCC1C(=O)NCC1CC2CCC1C2. The summed E-state index contributed by atoms with van der Waals surface area (Å²) in [6.07, 6.45) is 8.82. The third-order valence-electron chi connectivity index (χ3n) is 6.12. The second-order valence-corrected chi connectivity index (χ2v) is 7.24. The summed E-state index contributed by atoms with van der Waals surface area (Å²) in [5, 5.41) is 3.24. The zero-order valence-corrected chi connectivity index (χ0v) is 12.1. The second kappa shape index (κ2) is 5.43. The first-order chi connectivity index (χ1) is 9.15. The Bertz CT molecular complexity index is 344. The summed E-state index contributed by atoms with van der Waals surface area (Å²) >= 11 is 0. The molecule has 3 nitrogen and oxygen atoms in total. The lowest BCUT2D eigenvalue weighted by molar-refractivity contribution is -0.128. The van der Waals surface area contributed by atoms with Crippen molar-refractivity contribution in [1.82, 2.24) is 5.32 Å². The van der Waals surface area contributed by atoms with E-state index in [1.807, 2.05) is 0 Å². The van der Waals surface area contributed by atoms with Crippen LogP contribution in [-0.4, -0.2) is 18.5 Å². The first-order valence-corrected chi connectivity index (χ1v) is 8.18. The van der Waals surface area contributed by atoms with Crippen LogP contribution in [0.4, 0.5) is 0 Å². The molecule has 0 spiro atoms. The molecule has 3 aliphatic rings. The zero-order valence-electron chi connectivity index (χ0n) is 12.1. The van der Waals surface area contributed by atoms with Gasteiger partial charge < -0.3 is 11.1 Å². The van der Waals surface area contributed by atoms with E-state index >= 15 is 0 Å². The summed E-state index contributed by atoms with van der Waals surface area (Å²) in [4.78, 5) is 12.4. The van der Waals surface area contributed by atoms with Crippen LogP contribution in [0.15, 0.2) is 0 Å². The molecule has 3 N–H and O–H groups in total. The number of rotatable bonds is 3. The number of hydrogen-bond donors (Lipinski definition) is 2. The molecular weight excluding hydrogens is 236 g/mol. The topological polar surface area (TPSA) is 55.1 Å². The van der Waals surface area contributed by atoms with Crippen LogP contribution in [0.25, 0.3) is 0 Å². The van der Waals surface area contributed by atoms with Crippen LogP contribution in [0.1, 0.15) is 51.9 Å². The smallest absolute Gasteiger partial charge is 0.223 e. The van der Waals surface area contributed by atoms with E-state index < -0.39 is 0 Å². The summed E-state index contributed by atoms with van der Waals surface area (Å²) in [6.45, 7) is 3.06. The Balaban J connectivity index is 1.48. The van der Waals surface area contributed by atoms with Gasteiger partial charge in [-0.3, -0.25) is 4.79 Å². The van der Waals surface area contributed by atoms with Crippen LogP contribution in [0.2, 0.25) is 0 Å². The van der Waals surface area contributed by atoms with E-state index in [4.69, 9.17) is 5.73 Å². The van der Waals surface area contributed by atoms with Gasteiger partial charge in [0.05, 0.1) is 0 Å². The van der Waals surface area contributed by atoms with Gasteiger partial charge in [-0.05, 0) is 55.8 Å². The summed E-state index contributed by atoms with van der Waals surface area (Å²) in [7, 11) is 0. The van der Waals surface area contributed by atoms with Crippen molar-refractivity contribution < 1.29 is 4.79 Å². The van der Waals surface area contributed by atoms with Crippen molar-refractivity contribution in [2.45, 2.75) is 57.9 Å². The molecule has 19 heavy (non-hydrogen) atoms. The molecule has 3 heteroatoms. The Morgan fingerprint density at radius 1 is 1.21 bits per heavy atom. The molecule has 0 aromatic rings. The van der Waals surface area contributed by atoms with E-state index in [9.17, 15) is 4.79 Å². The number of hydrogen-bond acceptors (Lipinski definition) is 2. The van der Waals surface area contributed by atoms with Crippen molar-refractivity contribution in [3.63, 3.8) is 0 Å². The predicted octanol–water partition coefficient (Wildman–Crippen LogP) is 2.30. The summed E-state index contributed by atoms with van der Waals surface area (Å²) < 4.78 is 0. The lowest BCUT2D eigenvalue weighted by Crippen LogP contribution is -2.45. The van der Waals surface area contributed by atoms with E-state index in [1.54, 1.807) is 0 Å². The number of nitrogens with one attached hydrogen (secondary N) is 1. The molecule has 108 valence electrons. The van der Waals surface area contributed by atoms with Crippen LogP contribution in [0, 0.1) is 29.6 Å². The average Bonchev–Trinajstić information content (AvgIpc) is 3.01. The van der Waals surface area contributed by atoms with E-state index in [0.717, 1.165) is 43.6 Å². The molecular formula is C16H28N2O. The minimum atomic E-state index is 0.155. The highest BCUT2D eigenvalue weighted by molar-refractivity contribution is 5.79. The van der Waals surface area contributed by atoms with Gasteiger partial charge in [0.2, 0.25) is 5.91 Å². The van der Waals surface area contributed by atoms with Gasteiger partial charge >= 0.3 is 0 Å². The molecule has 2 bridgehead atoms. The summed E-state index contributed by atoms with van der Waals surface area (Å²) in [5.41, 5.74) is 6.09. The molecule has 0 aliphatic heterocycles. The third kappa shape index (κ3) is 2.67. The molecule has 0 heterocycles. The molecule has 3 fully saturated rings. The van der Waals surface area contributed by atoms with Crippen LogP contribution >= 0.6 is 0 Å². The molecule has 0 aromatic carbocycles. The third-order valence-corrected chi connectivity index (χ3v) is 6.12. The fourth-order valence-corrected chi connectivity index (χ4v) is 4.76. The lowest BCUT2D eigenvalue weighted by atomic mass is 9.76. The number of fused-ring (bicyclic) bond motifs is 2. The predicted molar refractivity (Wildman–Crippen MR) is 76.4 cm³/mol. The highest BCUT2D eigenvalue weighted by atomic mass is 16.1. The molecule has 3 aliphatic carbocycles. The molecule has 6 atom stereocenters. The van der Waals surface area contributed by atoms with E-state index in [0.29, 0.717) is 5.92 Å². The standard InChI is InChI=1S/C16H28N2O/c1-10-14(3-2-4-15(10)17)16(19)18-9-13-8-11-5-6-12(13)7-11/h10-15H,2-9,17H2,1H3,(H,18,19). The maximum Gasteiger partial charge on any atom is 0.223 e. The molecule has 3 saturated carbocycles. The van der Waals surface area contributed by atoms with Gasteiger partial charge in [-0.2, -0.15) is 0 Å². The van der Waals surface area contributed by atoms with Crippen LogP contribution < -0.4 is 11.1 Å². The summed E-state index contributed by atoms with van der Waals surface area (Å²) in [6, 6.07) is 0.215. The Hall–Kier alpha value is -0.570. The van der Waals surface area contributed by atoms with Gasteiger partial charge in [-0.25, -0.2) is 0 Å². The number of nitrogens with two attached hydrogens (primary N) is 1. The van der Waals surface area contributed by atoms with Crippen LogP contribution in [0.5, 0.6) is 0 Å². The van der Waals surface area contributed by atoms with Crippen molar-refractivity contribution in [3.05, 3.63) is 0 Å². The van der Waals surface area contributed by atoms with Crippen molar-refractivity contribution in [3.8, 4) is 0 Å². The van der Waals surface area contributed by atoms with Gasteiger partial charge in [-0.1, -0.05) is 19.8 Å². The molecule has 6 unspecified atom stereocenters. The quantitative estimate of drug-likeness (QED) is 0.822. The maximum absolute atomic E-state index is 12.4. The first-order valence-electron chi connectivity index (χ1n) is 8.18. The monoisotopic (exact) mass is 264 g/mol. The van der Waals surface area contributed by atoms with Gasteiger partial charge in [0, 0.05) is 18.5 Å². The fraction of sp³-hybridized carbons (Fsp3) is 0.938. The second-order valence-electron chi connectivity index (χ2n) is 7.24. The van der Waals surface area contributed by atoms with Crippen LogP contribution in [-0.2, 0) is 4.79 Å². The maximum atomic E-state index is 12.4. The fourth-order valence-electron chi connectivity index (χ4n) is 4.76. The molecule has 0 saturated heterocycles. The van der Waals surface area contributed by atoms with Gasteiger partial charge in [-0.15, -0.1) is 0 Å². The lowest BCUT2D eigenvalue weighted by Gasteiger charge is -2.33. The Morgan fingerprint density at radius 2 is 2.05 bits per heavy atom. The minimum Gasteiger partial charge on any atom is -0.356 e. The van der Waals surface area contributed by atoms with Crippen molar-refractivity contribution in [2.75, 3.05) is 6.54 Å². The van der Waals surface area contributed by atoms with Crippen molar-refractivity contribution in [1.29, 1.82) is 0 Å². The molecule has 0 aromatic heterocycles. The zero-order chi connectivity index (χ0) is 13.4. The molecule has 1 amide bonds. The minimum absolute atomic E-state index is 0.155. The van der Waals surface area contributed by atoms with Crippen molar-refractivity contribution >= 4 is 5.91 Å². The molecule has 0 radical (unpaired) electrons.